The van der Waals surface area contributed by atoms with Crippen molar-refractivity contribution in [1.29, 1.82) is 0 Å². The number of nitrogens with zero attached hydrogens (tertiary/aromatic N) is 3. The Morgan fingerprint density at radius 3 is 2.74 bits per heavy atom. The summed E-state index contributed by atoms with van der Waals surface area (Å²) >= 11 is 1.65. The Hall–Kier alpha value is -2.40. The highest BCUT2D eigenvalue weighted by atomic mass is 32.1. The highest BCUT2D eigenvalue weighted by Gasteiger charge is 2.13. The summed E-state index contributed by atoms with van der Waals surface area (Å²) in [4.78, 5) is 12.8. The van der Waals surface area contributed by atoms with E-state index in [1.54, 1.807) is 16.0 Å². The number of hydrogen-bond acceptors (Lipinski definition) is 3. The van der Waals surface area contributed by atoms with E-state index in [1.165, 1.54) is 11.1 Å². The van der Waals surface area contributed by atoms with Crippen LogP contribution in [0.25, 0.3) is 15.7 Å². The van der Waals surface area contributed by atoms with Gasteiger partial charge in [-0.3, -0.25) is 9.20 Å². The normalized spacial score (nSPS) is 11.6. The Balaban J connectivity index is 1.92. The first-order valence-electron chi connectivity index (χ1n) is 7.57. The number of aromatic nitrogens is 3. The van der Waals surface area contributed by atoms with Crippen molar-refractivity contribution in [2.24, 2.45) is 0 Å². The van der Waals surface area contributed by atoms with Crippen LogP contribution in [0.1, 0.15) is 22.5 Å². The molecule has 0 saturated heterocycles. The van der Waals surface area contributed by atoms with Crippen molar-refractivity contribution >= 4 is 27.1 Å². The minimum atomic E-state index is -0.0418. The lowest BCUT2D eigenvalue weighted by Crippen LogP contribution is -2.27. The van der Waals surface area contributed by atoms with Crippen molar-refractivity contribution in [2.75, 3.05) is 0 Å². The molecule has 0 aliphatic carbocycles. The number of hydrogen-bond donors (Lipinski definition) is 0. The Kier molecular flexibility index (Phi) is 3.13. The van der Waals surface area contributed by atoms with Gasteiger partial charge in [-0.15, -0.1) is 11.3 Å². The SMILES string of the molecule is Cc1ccc(C)c(Cn2nc(C)n3c(cc4sccc43)c2=O)c1. The highest BCUT2D eigenvalue weighted by Crippen LogP contribution is 2.24. The van der Waals surface area contributed by atoms with Gasteiger partial charge < -0.3 is 0 Å². The molecule has 4 rings (SSSR count). The van der Waals surface area contributed by atoms with Gasteiger partial charge in [0.15, 0.2) is 0 Å². The summed E-state index contributed by atoms with van der Waals surface area (Å²) in [7, 11) is 0. The smallest absolute Gasteiger partial charge is 0.291 e. The zero-order valence-corrected chi connectivity index (χ0v) is 14.1. The first-order valence-corrected chi connectivity index (χ1v) is 8.45. The zero-order valence-electron chi connectivity index (χ0n) is 13.3. The Morgan fingerprint density at radius 2 is 1.91 bits per heavy atom. The molecular weight excluding hydrogens is 306 g/mol. The van der Waals surface area contributed by atoms with E-state index in [0.29, 0.717) is 12.1 Å². The zero-order chi connectivity index (χ0) is 16.1. The standard InChI is InChI=1S/C18H17N3OS/c1-11-4-5-12(2)14(8-11)10-20-18(22)16-9-17-15(6-7-23-17)21(16)13(3)19-20/h4-9H,10H2,1-3H3. The lowest BCUT2D eigenvalue weighted by Gasteiger charge is -2.11. The summed E-state index contributed by atoms with van der Waals surface area (Å²) in [6.07, 6.45) is 0. The molecule has 4 nitrogen and oxygen atoms in total. The van der Waals surface area contributed by atoms with E-state index >= 15 is 0 Å². The Labute approximate surface area is 137 Å². The van der Waals surface area contributed by atoms with Gasteiger partial charge in [-0.1, -0.05) is 23.8 Å². The molecule has 0 spiro atoms. The van der Waals surface area contributed by atoms with Gasteiger partial charge in [-0.2, -0.15) is 5.10 Å². The number of thiophene rings is 1. The van der Waals surface area contributed by atoms with Crippen LogP contribution in [0.5, 0.6) is 0 Å². The lowest BCUT2D eigenvalue weighted by atomic mass is 10.1. The largest absolute Gasteiger partial charge is 0.291 e. The average Bonchev–Trinajstić information content (AvgIpc) is 3.08. The summed E-state index contributed by atoms with van der Waals surface area (Å²) in [5, 5.41) is 6.58. The molecule has 116 valence electrons. The van der Waals surface area contributed by atoms with Crippen molar-refractivity contribution in [1.82, 2.24) is 14.2 Å². The monoisotopic (exact) mass is 323 g/mol. The van der Waals surface area contributed by atoms with Crippen molar-refractivity contribution in [3.63, 3.8) is 0 Å². The van der Waals surface area contributed by atoms with Gasteiger partial charge >= 0.3 is 0 Å². The third kappa shape index (κ3) is 2.19. The van der Waals surface area contributed by atoms with E-state index < -0.39 is 0 Å². The molecule has 1 aromatic carbocycles. The summed E-state index contributed by atoms with van der Waals surface area (Å²) in [6, 6.07) is 10.3. The van der Waals surface area contributed by atoms with Crippen LogP contribution in [-0.2, 0) is 6.54 Å². The molecular formula is C18H17N3OS. The first kappa shape index (κ1) is 14.2. The van der Waals surface area contributed by atoms with Crippen LogP contribution in [-0.4, -0.2) is 14.2 Å². The predicted octanol–water partition coefficient (Wildman–Crippen LogP) is 3.68. The summed E-state index contributed by atoms with van der Waals surface area (Å²) in [6.45, 7) is 6.58. The van der Waals surface area contributed by atoms with Crippen molar-refractivity contribution in [2.45, 2.75) is 27.3 Å². The molecule has 5 heteroatoms. The van der Waals surface area contributed by atoms with Crippen LogP contribution < -0.4 is 5.56 Å². The molecule has 0 saturated carbocycles. The molecule has 0 atom stereocenters. The molecule has 4 aromatic rings. The van der Waals surface area contributed by atoms with Gasteiger partial charge in [-0.25, -0.2) is 4.68 Å². The maximum Gasteiger partial charge on any atom is 0.291 e. The number of aryl methyl sites for hydroxylation is 3. The average molecular weight is 323 g/mol. The minimum Gasteiger partial charge on any atom is -0.291 e. The predicted molar refractivity (Wildman–Crippen MR) is 94.6 cm³/mol. The third-order valence-electron chi connectivity index (χ3n) is 4.29. The highest BCUT2D eigenvalue weighted by molar-refractivity contribution is 7.17. The number of rotatable bonds is 2. The molecule has 0 bridgehead atoms. The van der Waals surface area contributed by atoms with Gasteiger partial charge in [0.05, 0.1) is 16.8 Å². The van der Waals surface area contributed by atoms with E-state index in [2.05, 4.69) is 37.1 Å². The van der Waals surface area contributed by atoms with Gasteiger partial charge in [-0.05, 0) is 49.4 Å². The third-order valence-corrected chi connectivity index (χ3v) is 5.14. The second-order valence-electron chi connectivity index (χ2n) is 5.98. The van der Waals surface area contributed by atoms with Crippen LogP contribution in [0.4, 0.5) is 0 Å². The van der Waals surface area contributed by atoms with E-state index in [-0.39, 0.29) is 5.56 Å². The van der Waals surface area contributed by atoms with E-state index in [1.807, 2.05) is 28.8 Å². The molecule has 0 fully saturated rings. The van der Waals surface area contributed by atoms with E-state index in [4.69, 9.17) is 0 Å². The topological polar surface area (TPSA) is 39.3 Å². The van der Waals surface area contributed by atoms with Crippen LogP contribution in [0, 0.1) is 20.8 Å². The van der Waals surface area contributed by atoms with Crippen molar-refractivity contribution in [3.05, 3.63) is 68.6 Å². The molecule has 0 unspecified atom stereocenters. The maximum atomic E-state index is 12.8. The van der Waals surface area contributed by atoms with E-state index in [9.17, 15) is 4.79 Å². The van der Waals surface area contributed by atoms with Gasteiger partial charge in [0, 0.05) is 0 Å². The second kappa shape index (κ2) is 5.06. The molecule has 23 heavy (non-hydrogen) atoms. The minimum absolute atomic E-state index is 0.0418. The van der Waals surface area contributed by atoms with Gasteiger partial charge in [0.1, 0.15) is 11.3 Å². The fraction of sp³-hybridized carbons (Fsp3) is 0.222. The molecule has 0 amide bonds. The van der Waals surface area contributed by atoms with Crippen LogP contribution >= 0.6 is 11.3 Å². The fourth-order valence-corrected chi connectivity index (χ4v) is 3.87. The van der Waals surface area contributed by atoms with Crippen LogP contribution in [0.2, 0.25) is 0 Å². The van der Waals surface area contributed by atoms with Gasteiger partial charge in [0.25, 0.3) is 5.56 Å². The second-order valence-corrected chi connectivity index (χ2v) is 6.92. The number of benzene rings is 1. The Bertz CT molecular complexity index is 1100. The molecule has 0 radical (unpaired) electrons. The van der Waals surface area contributed by atoms with Crippen LogP contribution in [0.3, 0.4) is 0 Å². The van der Waals surface area contributed by atoms with Gasteiger partial charge in [0.2, 0.25) is 0 Å². The fourth-order valence-electron chi connectivity index (χ4n) is 3.07. The maximum absolute atomic E-state index is 12.8. The molecule has 0 aliphatic heterocycles. The van der Waals surface area contributed by atoms with Crippen molar-refractivity contribution < 1.29 is 0 Å². The summed E-state index contributed by atoms with van der Waals surface area (Å²) < 4.78 is 4.65. The van der Waals surface area contributed by atoms with Crippen LogP contribution in [0.15, 0.2) is 40.5 Å². The molecule has 3 aromatic heterocycles. The van der Waals surface area contributed by atoms with Crippen molar-refractivity contribution in [3.8, 4) is 0 Å². The number of fused-ring (bicyclic) bond motifs is 3. The molecule has 0 aliphatic rings. The molecule has 0 N–H and O–H groups in total. The first-order chi connectivity index (χ1) is 11.0. The quantitative estimate of drug-likeness (QED) is 0.564. The summed E-state index contributed by atoms with van der Waals surface area (Å²) in [5.41, 5.74) is 5.23. The lowest BCUT2D eigenvalue weighted by molar-refractivity contribution is 0.613. The Morgan fingerprint density at radius 1 is 1.09 bits per heavy atom. The van der Waals surface area contributed by atoms with E-state index in [0.717, 1.165) is 21.6 Å². The molecule has 3 heterocycles. The summed E-state index contributed by atoms with van der Waals surface area (Å²) in [5.74, 6) is 0.832.